The third-order valence-corrected chi connectivity index (χ3v) is 3.61. The maximum absolute atomic E-state index is 5.92. The number of nitrogens with zero attached hydrogens (tertiary/aromatic N) is 2. The van der Waals surface area contributed by atoms with Crippen molar-refractivity contribution in [1.29, 1.82) is 0 Å². The number of guanidine groups is 1. The first-order valence-electron chi connectivity index (χ1n) is 7.30. The Hall–Kier alpha value is -2.70. The molecule has 0 aliphatic rings. The molecule has 124 valence electrons. The first-order chi connectivity index (χ1) is 11.0. The summed E-state index contributed by atoms with van der Waals surface area (Å²) in [6.07, 6.45) is 0. The zero-order chi connectivity index (χ0) is 16.8. The number of aromatic nitrogens is 2. The van der Waals surface area contributed by atoms with Crippen molar-refractivity contribution in [2.24, 2.45) is 10.7 Å². The van der Waals surface area contributed by atoms with E-state index in [0.29, 0.717) is 30.5 Å². The van der Waals surface area contributed by atoms with Crippen LogP contribution in [0, 0.1) is 13.8 Å². The highest BCUT2D eigenvalue weighted by Crippen LogP contribution is 2.27. The third kappa shape index (κ3) is 4.15. The number of methoxy groups -OCH3 is 2. The molecular formula is C16H23N5O2. The summed E-state index contributed by atoms with van der Waals surface area (Å²) in [7, 11) is 3.22. The maximum atomic E-state index is 5.92. The van der Waals surface area contributed by atoms with Gasteiger partial charge in [-0.1, -0.05) is 6.07 Å². The van der Waals surface area contributed by atoms with Gasteiger partial charge in [-0.15, -0.1) is 0 Å². The molecule has 7 heteroatoms. The van der Waals surface area contributed by atoms with E-state index in [1.807, 2.05) is 32.0 Å². The van der Waals surface area contributed by atoms with Gasteiger partial charge in [0, 0.05) is 17.8 Å². The molecule has 1 aromatic carbocycles. The summed E-state index contributed by atoms with van der Waals surface area (Å²) in [6.45, 7) is 4.99. The van der Waals surface area contributed by atoms with Gasteiger partial charge in [0.1, 0.15) is 0 Å². The number of hydrogen-bond donors (Lipinski definition) is 3. The Morgan fingerprint density at radius 1 is 1.26 bits per heavy atom. The van der Waals surface area contributed by atoms with Crippen molar-refractivity contribution in [1.82, 2.24) is 15.5 Å². The van der Waals surface area contributed by atoms with Gasteiger partial charge >= 0.3 is 0 Å². The monoisotopic (exact) mass is 317 g/mol. The Balaban J connectivity index is 1.97. The summed E-state index contributed by atoms with van der Waals surface area (Å²) in [6, 6.07) is 5.67. The Labute approximate surface area is 135 Å². The van der Waals surface area contributed by atoms with Gasteiger partial charge in [0.25, 0.3) is 0 Å². The molecule has 0 fully saturated rings. The fourth-order valence-electron chi connectivity index (χ4n) is 2.22. The fraction of sp³-hybridized carbons (Fsp3) is 0.375. The molecule has 7 nitrogen and oxygen atoms in total. The molecule has 2 aromatic rings. The number of rotatable bonds is 6. The van der Waals surface area contributed by atoms with E-state index in [4.69, 9.17) is 15.2 Å². The van der Waals surface area contributed by atoms with Crippen molar-refractivity contribution in [3.63, 3.8) is 0 Å². The van der Waals surface area contributed by atoms with Gasteiger partial charge in [-0.2, -0.15) is 5.10 Å². The molecule has 23 heavy (non-hydrogen) atoms. The van der Waals surface area contributed by atoms with Crippen molar-refractivity contribution in [2.45, 2.75) is 26.9 Å². The summed E-state index contributed by atoms with van der Waals surface area (Å²) in [5, 5.41) is 10.2. The first-order valence-corrected chi connectivity index (χ1v) is 7.30. The normalized spacial score (nSPS) is 11.4. The van der Waals surface area contributed by atoms with Crippen LogP contribution in [0.1, 0.15) is 22.5 Å². The number of ether oxygens (including phenoxy) is 2. The number of H-pyrrole nitrogens is 1. The summed E-state index contributed by atoms with van der Waals surface area (Å²) < 4.78 is 10.5. The van der Waals surface area contributed by atoms with Crippen LogP contribution < -0.4 is 20.5 Å². The average molecular weight is 317 g/mol. The Kier molecular flexibility index (Phi) is 5.46. The SMILES string of the molecule is COc1ccc(CN=C(N)NCc2c(C)n[nH]c2C)cc1OC. The second-order valence-electron chi connectivity index (χ2n) is 5.16. The summed E-state index contributed by atoms with van der Waals surface area (Å²) in [5.41, 5.74) is 10.0. The molecule has 0 aliphatic carbocycles. The van der Waals surface area contributed by atoms with E-state index in [0.717, 1.165) is 22.5 Å². The van der Waals surface area contributed by atoms with Crippen LogP contribution in [0.15, 0.2) is 23.2 Å². The summed E-state index contributed by atoms with van der Waals surface area (Å²) in [5.74, 6) is 1.76. The Bertz CT molecular complexity index is 674. The first kappa shape index (κ1) is 16.7. The van der Waals surface area contributed by atoms with Crippen molar-refractivity contribution in [3.8, 4) is 11.5 Å². The van der Waals surface area contributed by atoms with Crippen LogP contribution in [0.5, 0.6) is 11.5 Å². The lowest BCUT2D eigenvalue weighted by Gasteiger charge is -2.09. The van der Waals surface area contributed by atoms with Gasteiger partial charge in [-0.25, -0.2) is 4.99 Å². The Morgan fingerprint density at radius 3 is 2.61 bits per heavy atom. The highest BCUT2D eigenvalue weighted by atomic mass is 16.5. The van der Waals surface area contributed by atoms with Gasteiger partial charge < -0.3 is 20.5 Å². The van der Waals surface area contributed by atoms with E-state index in [1.165, 1.54) is 0 Å². The average Bonchev–Trinajstić information content (AvgIpc) is 2.89. The van der Waals surface area contributed by atoms with E-state index in [2.05, 4.69) is 20.5 Å². The van der Waals surface area contributed by atoms with Gasteiger partial charge in [-0.05, 0) is 31.5 Å². The molecule has 1 heterocycles. The van der Waals surface area contributed by atoms with Gasteiger partial charge in [0.2, 0.25) is 0 Å². The molecule has 0 saturated carbocycles. The maximum Gasteiger partial charge on any atom is 0.189 e. The lowest BCUT2D eigenvalue weighted by molar-refractivity contribution is 0.354. The molecule has 0 radical (unpaired) electrons. The topological polar surface area (TPSA) is 97.5 Å². The van der Waals surface area contributed by atoms with Gasteiger partial charge in [-0.3, -0.25) is 5.10 Å². The van der Waals surface area contributed by atoms with E-state index in [1.54, 1.807) is 14.2 Å². The molecule has 0 bridgehead atoms. The number of nitrogens with two attached hydrogens (primary N) is 1. The largest absolute Gasteiger partial charge is 0.493 e. The van der Waals surface area contributed by atoms with E-state index in [9.17, 15) is 0 Å². The quantitative estimate of drug-likeness (QED) is 0.556. The molecule has 0 unspecified atom stereocenters. The third-order valence-electron chi connectivity index (χ3n) is 3.61. The zero-order valence-electron chi connectivity index (χ0n) is 13.9. The van der Waals surface area contributed by atoms with E-state index >= 15 is 0 Å². The van der Waals surface area contributed by atoms with E-state index < -0.39 is 0 Å². The Morgan fingerprint density at radius 2 is 2.00 bits per heavy atom. The van der Waals surface area contributed by atoms with Crippen LogP contribution in [0.25, 0.3) is 0 Å². The van der Waals surface area contributed by atoms with Crippen LogP contribution in [-0.2, 0) is 13.1 Å². The number of aliphatic imine (C=N–C) groups is 1. The highest BCUT2D eigenvalue weighted by Gasteiger charge is 2.06. The molecular weight excluding hydrogens is 294 g/mol. The van der Waals surface area contributed by atoms with Crippen molar-refractivity contribution in [3.05, 3.63) is 40.7 Å². The van der Waals surface area contributed by atoms with Crippen LogP contribution in [0.4, 0.5) is 0 Å². The van der Waals surface area contributed by atoms with Crippen LogP contribution in [0.3, 0.4) is 0 Å². The molecule has 0 saturated heterocycles. The van der Waals surface area contributed by atoms with Crippen LogP contribution in [0.2, 0.25) is 0 Å². The molecule has 0 aliphatic heterocycles. The molecule has 1 aromatic heterocycles. The molecule has 4 N–H and O–H groups in total. The number of aromatic amines is 1. The lowest BCUT2D eigenvalue weighted by Crippen LogP contribution is -2.31. The van der Waals surface area contributed by atoms with Crippen LogP contribution >= 0.6 is 0 Å². The fourth-order valence-corrected chi connectivity index (χ4v) is 2.22. The molecule has 0 spiro atoms. The highest BCUT2D eigenvalue weighted by molar-refractivity contribution is 5.77. The minimum Gasteiger partial charge on any atom is -0.493 e. The van der Waals surface area contributed by atoms with Gasteiger partial charge in [0.05, 0.1) is 26.5 Å². The summed E-state index contributed by atoms with van der Waals surface area (Å²) >= 11 is 0. The minimum absolute atomic E-state index is 0.389. The number of hydrogen-bond acceptors (Lipinski definition) is 4. The predicted octanol–water partition coefficient (Wildman–Crippen LogP) is 1.65. The van der Waals surface area contributed by atoms with Crippen molar-refractivity contribution in [2.75, 3.05) is 14.2 Å². The van der Waals surface area contributed by atoms with Crippen molar-refractivity contribution < 1.29 is 9.47 Å². The molecule has 0 atom stereocenters. The molecule has 0 amide bonds. The lowest BCUT2D eigenvalue weighted by atomic mass is 10.2. The number of benzene rings is 1. The molecule has 2 rings (SSSR count). The van der Waals surface area contributed by atoms with Crippen LogP contribution in [-0.4, -0.2) is 30.4 Å². The second-order valence-corrected chi connectivity index (χ2v) is 5.16. The second kappa shape index (κ2) is 7.53. The standard InChI is InChI=1S/C16H23N5O2/c1-10-13(11(2)21-20-10)9-19-16(17)18-8-12-5-6-14(22-3)15(7-12)23-4/h5-7H,8-9H2,1-4H3,(H,20,21)(H3,17,18,19). The van der Waals surface area contributed by atoms with Crippen molar-refractivity contribution >= 4 is 5.96 Å². The summed E-state index contributed by atoms with van der Waals surface area (Å²) in [4.78, 5) is 4.34. The zero-order valence-corrected chi connectivity index (χ0v) is 13.9. The van der Waals surface area contributed by atoms with Gasteiger partial charge in [0.15, 0.2) is 17.5 Å². The smallest absolute Gasteiger partial charge is 0.189 e. The number of aryl methyl sites for hydroxylation is 2. The predicted molar refractivity (Wildman–Crippen MR) is 89.8 cm³/mol. The number of nitrogens with one attached hydrogen (secondary N) is 2. The minimum atomic E-state index is 0.389. The van der Waals surface area contributed by atoms with E-state index in [-0.39, 0.29) is 0 Å².